The summed E-state index contributed by atoms with van der Waals surface area (Å²) in [4.78, 5) is 0.221. The van der Waals surface area contributed by atoms with Crippen molar-refractivity contribution >= 4 is 10.1 Å². The maximum atomic E-state index is 12.3. The fourth-order valence-electron chi connectivity index (χ4n) is 3.04. The van der Waals surface area contributed by atoms with E-state index in [2.05, 4.69) is 0 Å². The molecule has 0 N–H and O–H groups in total. The molecule has 0 radical (unpaired) electrons. The lowest BCUT2D eigenvalue weighted by atomic mass is 9.92. The van der Waals surface area contributed by atoms with Gasteiger partial charge in [-0.3, -0.25) is 4.18 Å². The third-order valence-electron chi connectivity index (χ3n) is 4.39. The minimum absolute atomic E-state index is 0.221. The molecule has 1 saturated heterocycles. The second-order valence-electron chi connectivity index (χ2n) is 5.85. The molecule has 122 valence electrons. The summed E-state index contributed by atoms with van der Waals surface area (Å²) >= 11 is 0. The van der Waals surface area contributed by atoms with Crippen LogP contribution < -0.4 is 0 Å². The molecule has 1 spiro atoms. The van der Waals surface area contributed by atoms with E-state index >= 15 is 0 Å². The number of rotatable bonds is 4. The Morgan fingerprint density at radius 3 is 2.27 bits per heavy atom. The summed E-state index contributed by atoms with van der Waals surface area (Å²) in [5.74, 6) is -0.494. The summed E-state index contributed by atoms with van der Waals surface area (Å²) in [6.45, 7) is 3.27. The largest absolute Gasteiger partial charge is 0.348 e. The minimum atomic E-state index is -3.70. The molecule has 2 aliphatic rings. The number of ether oxygens (including phenoxy) is 2. The van der Waals surface area contributed by atoms with Crippen molar-refractivity contribution in [1.29, 1.82) is 0 Å². The average molecular weight is 326 g/mol. The molecule has 6 heteroatoms. The minimum Gasteiger partial charge on any atom is -0.348 e. The lowest BCUT2D eigenvalue weighted by Crippen LogP contribution is -2.38. The summed E-state index contributed by atoms with van der Waals surface area (Å²) in [5, 5.41) is 0. The molecule has 1 aliphatic carbocycles. The molecule has 1 aromatic carbocycles. The summed E-state index contributed by atoms with van der Waals surface area (Å²) in [6, 6.07) is 6.88. The maximum absolute atomic E-state index is 12.3. The summed E-state index contributed by atoms with van der Waals surface area (Å²) in [6.07, 6.45) is 3.21. The maximum Gasteiger partial charge on any atom is 0.297 e. The first kappa shape index (κ1) is 15.9. The highest BCUT2D eigenvalue weighted by molar-refractivity contribution is 7.86. The van der Waals surface area contributed by atoms with E-state index in [0.29, 0.717) is 38.9 Å². The predicted octanol–water partition coefficient (Wildman–Crippen LogP) is 2.64. The van der Waals surface area contributed by atoms with Crippen molar-refractivity contribution < 1.29 is 22.1 Å². The Balaban J connectivity index is 1.62. The van der Waals surface area contributed by atoms with Gasteiger partial charge in [0.15, 0.2) is 5.79 Å². The zero-order valence-corrected chi connectivity index (χ0v) is 13.6. The van der Waals surface area contributed by atoms with E-state index in [4.69, 9.17) is 13.7 Å². The zero-order chi connectivity index (χ0) is 15.6. The van der Waals surface area contributed by atoms with Crippen molar-refractivity contribution in [1.82, 2.24) is 0 Å². The Kier molecular flexibility index (Phi) is 4.54. The van der Waals surface area contributed by atoms with E-state index in [1.165, 1.54) is 0 Å². The second kappa shape index (κ2) is 6.28. The van der Waals surface area contributed by atoms with Crippen LogP contribution in [0.25, 0.3) is 0 Å². The van der Waals surface area contributed by atoms with Crippen molar-refractivity contribution in [2.24, 2.45) is 0 Å². The van der Waals surface area contributed by atoms with Gasteiger partial charge in [0.25, 0.3) is 10.1 Å². The van der Waals surface area contributed by atoms with Crippen molar-refractivity contribution in [3.8, 4) is 0 Å². The van der Waals surface area contributed by atoms with Crippen LogP contribution in [0.4, 0.5) is 0 Å². The van der Waals surface area contributed by atoms with Crippen LogP contribution in [0, 0.1) is 0 Å². The Hall–Kier alpha value is -0.950. The quantitative estimate of drug-likeness (QED) is 0.796. The first-order valence-corrected chi connectivity index (χ1v) is 9.24. The third-order valence-corrected chi connectivity index (χ3v) is 5.77. The zero-order valence-electron chi connectivity index (χ0n) is 12.8. The van der Waals surface area contributed by atoms with E-state index in [1.54, 1.807) is 12.1 Å². The number of hydrogen-bond donors (Lipinski definition) is 0. The van der Waals surface area contributed by atoms with Crippen molar-refractivity contribution in [3.63, 3.8) is 0 Å². The van der Waals surface area contributed by atoms with Crippen molar-refractivity contribution in [2.75, 3.05) is 13.2 Å². The third kappa shape index (κ3) is 3.35. The van der Waals surface area contributed by atoms with Crippen LogP contribution in [0.5, 0.6) is 0 Å². The van der Waals surface area contributed by atoms with Gasteiger partial charge in [-0.15, -0.1) is 0 Å². The molecule has 5 nitrogen and oxygen atoms in total. The molecule has 3 rings (SSSR count). The smallest absolute Gasteiger partial charge is 0.297 e. The van der Waals surface area contributed by atoms with Crippen LogP contribution >= 0.6 is 0 Å². The Morgan fingerprint density at radius 2 is 1.73 bits per heavy atom. The molecule has 0 unspecified atom stereocenters. The van der Waals surface area contributed by atoms with Crippen LogP contribution in [0.2, 0.25) is 0 Å². The van der Waals surface area contributed by atoms with Gasteiger partial charge in [0.05, 0.1) is 24.2 Å². The summed E-state index contributed by atoms with van der Waals surface area (Å²) < 4.78 is 41.3. The molecule has 1 aliphatic heterocycles. The van der Waals surface area contributed by atoms with E-state index in [9.17, 15) is 8.42 Å². The first-order valence-electron chi connectivity index (χ1n) is 7.83. The van der Waals surface area contributed by atoms with Crippen molar-refractivity contribution in [3.05, 3.63) is 29.8 Å². The van der Waals surface area contributed by atoms with Gasteiger partial charge in [-0.25, -0.2) is 0 Å². The molecule has 0 aromatic heterocycles. The molecule has 1 saturated carbocycles. The molecular weight excluding hydrogens is 304 g/mol. The van der Waals surface area contributed by atoms with Gasteiger partial charge in [-0.1, -0.05) is 19.1 Å². The highest BCUT2D eigenvalue weighted by Gasteiger charge is 2.41. The van der Waals surface area contributed by atoms with Crippen LogP contribution in [-0.4, -0.2) is 33.5 Å². The van der Waals surface area contributed by atoms with Crippen LogP contribution in [-0.2, 0) is 30.2 Å². The highest BCUT2D eigenvalue weighted by atomic mass is 32.2. The molecule has 1 aromatic rings. The van der Waals surface area contributed by atoms with Gasteiger partial charge < -0.3 is 9.47 Å². The Bertz CT molecular complexity index is 592. The Morgan fingerprint density at radius 1 is 1.14 bits per heavy atom. The molecule has 2 fully saturated rings. The molecule has 22 heavy (non-hydrogen) atoms. The highest BCUT2D eigenvalue weighted by Crippen LogP contribution is 2.37. The molecule has 0 atom stereocenters. The van der Waals surface area contributed by atoms with Gasteiger partial charge in [0.2, 0.25) is 0 Å². The monoisotopic (exact) mass is 326 g/mol. The fourth-order valence-corrected chi connectivity index (χ4v) is 4.17. The number of benzene rings is 1. The molecule has 1 heterocycles. The summed E-state index contributed by atoms with van der Waals surface area (Å²) in [5.41, 5.74) is 1.11. The Labute approximate surface area is 131 Å². The lowest BCUT2D eigenvalue weighted by molar-refractivity contribution is -0.185. The fraction of sp³-hybridized carbons (Fsp3) is 0.625. The van der Waals surface area contributed by atoms with Crippen LogP contribution in [0.3, 0.4) is 0 Å². The SMILES string of the molecule is CCc1ccc(S(=O)(=O)OC2CCC3(CC2)OCCO3)cc1. The molecule has 0 bridgehead atoms. The van der Waals surface area contributed by atoms with E-state index in [-0.39, 0.29) is 11.0 Å². The van der Waals surface area contributed by atoms with Gasteiger partial charge >= 0.3 is 0 Å². The first-order chi connectivity index (χ1) is 10.5. The normalized spacial score (nSPS) is 22.2. The van der Waals surface area contributed by atoms with Gasteiger partial charge in [-0.05, 0) is 37.0 Å². The topological polar surface area (TPSA) is 61.8 Å². The van der Waals surface area contributed by atoms with Gasteiger partial charge in [0.1, 0.15) is 0 Å². The summed E-state index contributed by atoms with van der Waals surface area (Å²) in [7, 11) is -3.70. The van der Waals surface area contributed by atoms with Gasteiger partial charge in [0, 0.05) is 12.8 Å². The molecule has 0 amide bonds. The number of aryl methyl sites for hydroxylation is 1. The second-order valence-corrected chi connectivity index (χ2v) is 7.43. The van der Waals surface area contributed by atoms with Crippen LogP contribution in [0.15, 0.2) is 29.2 Å². The standard InChI is InChI=1S/C16H22O5S/c1-2-13-3-5-15(6-4-13)22(17,18)21-14-7-9-16(10-8-14)19-11-12-20-16/h3-6,14H,2,7-12H2,1H3. The van der Waals surface area contributed by atoms with E-state index < -0.39 is 15.9 Å². The molecular formula is C16H22O5S. The van der Waals surface area contributed by atoms with E-state index in [1.807, 2.05) is 19.1 Å². The predicted molar refractivity (Wildman–Crippen MR) is 81.0 cm³/mol. The van der Waals surface area contributed by atoms with Crippen LogP contribution in [0.1, 0.15) is 38.2 Å². The van der Waals surface area contributed by atoms with Gasteiger partial charge in [-0.2, -0.15) is 8.42 Å². The average Bonchev–Trinajstić information content (AvgIpc) is 2.98. The number of hydrogen-bond acceptors (Lipinski definition) is 5. The van der Waals surface area contributed by atoms with Crippen molar-refractivity contribution in [2.45, 2.75) is 55.8 Å². The lowest BCUT2D eigenvalue weighted by Gasteiger charge is -2.34. The van der Waals surface area contributed by atoms with E-state index in [0.717, 1.165) is 12.0 Å².